The average molecular weight is 1100 g/mol. The summed E-state index contributed by atoms with van der Waals surface area (Å²) in [5, 5.41) is 41.8. The van der Waals surface area contributed by atoms with Gasteiger partial charge in [0.15, 0.2) is 0 Å². The van der Waals surface area contributed by atoms with Crippen molar-refractivity contribution < 1.29 is 72.5 Å². The van der Waals surface area contributed by atoms with Crippen molar-refractivity contribution >= 4 is 76.9 Å². The highest BCUT2D eigenvalue weighted by Gasteiger charge is 2.37. The third kappa shape index (κ3) is 27.6. The Morgan fingerprint density at radius 3 is 1.17 bits per heavy atom. The van der Waals surface area contributed by atoms with Crippen molar-refractivity contribution in [1.29, 1.82) is 0 Å². The van der Waals surface area contributed by atoms with Crippen LogP contribution in [0.25, 0.3) is 0 Å². The van der Waals surface area contributed by atoms with Crippen molar-refractivity contribution in [3.63, 3.8) is 0 Å². The normalized spacial score (nSPS) is 15.6. The molecule has 0 saturated heterocycles. The Kier molecular flexibility index (Phi) is 31.6. The van der Waals surface area contributed by atoms with Crippen LogP contribution in [0.2, 0.25) is 0 Å². The highest BCUT2D eigenvalue weighted by atomic mass is 16.4. The molecule has 0 unspecified atom stereocenters. The first-order valence-corrected chi connectivity index (χ1v) is 26.1. The molecule has 0 radical (unpaired) electrons. The van der Waals surface area contributed by atoms with E-state index in [2.05, 4.69) is 47.9 Å². The zero-order chi connectivity index (χ0) is 59.6. The largest absolute Gasteiger partial charge is 0.481 e. The van der Waals surface area contributed by atoms with Gasteiger partial charge in [-0.3, -0.25) is 57.5 Å². The van der Waals surface area contributed by atoms with Gasteiger partial charge in [-0.15, -0.1) is 0 Å². The number of nitrogens with two attached hydrogens (primary N) is 3. The first-order valence-electron chi connectivity index (χ1n) is 26.1. The first kappa shape index (κ1) is 70.1. The molecule has 438 valence electrons. The monoisotopic (exact) mass is 1100 g/mol. The number of nitrogens with one attached hydrogen (secondary N) is 9. The van der Waals surface area contributed by atoms with Gasteiger partial charge >= 0.3 is 11.9 Å². The van der Waals surface area contributed by atoms with Crippen molar-refractivity contribution in [3.05, 3.63) is 0 Å². The van der Waals surface area contributed by atoms with Gasteiger partial charge < -0.3 is 75.3 Å². The van der Waals surface area contributed by atoms with Gasteiger partial charge in [-0.05, 0) is 82.0 Å². The number of aliphatic carboxylic acids is 2. The number of rotatable bonds is 37. The molecule has 11 atom stereocenters. The molecule has 77 heavy (non-hydrogen) atoms. The van der Waals surface area contributed by atoms with Crippen LogP contribution in [0.5, 0.6) is 0 Å². The summed E-state index contributed by atoms with van der Waals surface area (Å²) in [7, 11) is 0. The summed E-state index contributed by atoms with van der Waals surface area (Å²) in [4.78, 5) is 169. The van der Waals surface area contributed by atoms with Gasteiger partial charge in [-0.1, -0.05) is 75.7 Å². The van der Waals surface area contributed by atoms with Gasteiger partial charge in [0.1, 0.15) is 54.4 Å². The Balaban J connectivity index is 6.31. The van der Waals surface area contributed by atoms with Crippen LogP contribution < -0.4 is 65.1 Å². The lowest BCUT2D eigenvalue weighted by Crippen LogP contribution is -2.61. The van der Waals surface area contributed by atoms with E-state index in [9.17, 15) is 72.5 Å². The maximum absolute atomic E-state index is 14.0. The lowest BCUT2D eigenvalue weighted by atomic mass is 9.96. The van der Waals surface area contributed by atoms with Gasteiger partial charge in [0.05, 0.1) is 6.04 Å². The quantitative estimate of drug-likeness (QED) is 0.0321. The molecule has 0 aliphatic rings. The molecule has 0 aromatic heterocycles. The van der Waals surface area contributed by atoms with Crippen LogP contribution in [0.1, 0.15) is 147 Å². The van der Waals surface area contributed by atoms with Gasteiger partial charge in [0.25, 0.3) is 0 Å². The fourth-order valence-electron chi connectivity index (χ4n) is 7.52. The van der Waals surface area contributed by atoms with E-state index in [-0.39, 0.29) is 69.1 Å². The average Bonchev–Trinajstić information content (AvgIpc) is 3.31. The molecule has 0 bridgehead atoms. The number of hydrogen-bond donors (Lipinski definition) is 14. The van der Waals surface area contributed by atoms with Crippen LogP contribution in [0, 0.1) is 29.6 Å². The Morgan fingerprint density at radius 1 is 0.390 bits per heavy atom. The molecule has 0 rings (SSSR count). The number of carbonyl (C=O) groups excluding carboxylic acids is 11. The highest BCUT2D eigenvalue weighted by molar-refractivity contribution is 5.98. The number of amides is 11. The van der Waals surface area contributed by atoms with E-state index in [1.54, 1.807) is 55.4 Å². The van der Waals surface area contributed by atoms with Crippen LogP contribution in [0.15, 0.2) is 0 Å². The van der Waals surface area contributed by atoms with Gasteiger partial charge in [-0.25, -0.2) is 4.79 Å². The van der Waals surface area contributed by atoms with E-state index >= 15 is 0 Å². The van der Waals surface area contributed by atoms with Crippen molar-refractivity contribution in [2.24, 2.45) is 46.8 Å². The van der Waals surface area contributed by atoms with E-state index in [0.717, 1.165) is 0 Å². The highest BCUT2D eigenvalue weighted by Crippen LogP contribution is 2.14. The molecule has 0 aromatic carbocycles. The Bertz CT molecular complexity index is 2070. The SMILES string of the molecule is CC[C@H](C)[C@H](NC(=O)[C@H](CCC(=O)O)NC(=O)[C@H](CC(C)C)NC(=O)[C@H](C)NC(=O)[C@H](C)NC(=O)[C@@H](NC(=O)[C@H](CC(C)C)NC(=O)[C@@H](N)CCC(N)=O)C(C)C)C(=O)N[C@@H](CCC(N)=O)C(=O)N[C@@H](CC(C)C)C(=O)O. The summed E-state index contributed by atoms with van der Waals surface area (Å²) in [6.07, 6.45) is -1.57. The van der Waals surface area contributed by atoms with Gasteiger partial charge in [0, 0.05) is 19.3 Å². The van der Waals surface area contributed by atoms with E-state index in [1.807, 2.05) is 13.8 Å². The van der Waals surface area contributed by atoms with E-state index in [4.69, 9.17) is 17.2 Å². The maximum atomic E-state index is 14.0. The van der Waals surface area contributed by atoms with Crippen molar-refractivity contribution in [2.75, 3.05) is 0 Å². The Labute approximate surface area is 450 Å². The third-order valence-corrected chi connectivity index (χ3v) is 12.2. The van der Waals surface area contributed by atoms with Crippen LogP contribution in [0.3, 0.4) is 0 Å². The van der Waals surface area contributed by atoms with Crippen LogP contribution in [-0.2, 0) is 62.3 Å². The molecule has 0 fully saturated rings. The summed E-state index contributed by atoms with van der Waals surface area (Å²) < 4.78 is 0. The summed E-state index contributed by atoms with van der Waals surface area (Å²) in [5.74, 6) is -13.5. The Morgan fingerprint density at radius 2 is 0.727 bits per heavy atom. The number of primary amides is 2. The summed E-state index contributed by atoms with van der Waals surface area (Å²) in [6, 6.07) is -13.3. The number of carbonyl (C=O) groups is 13. The molecule has 11 amide bonds. The third-order valence-electron chi connectivity index (χ3n) is 12.2. The molecule has 0 aliphatic carbocycles. The maximum Gasteiger partial charge on any atom is 0.326 e. The second-order valence-corrected chi connectivity index (χ2v) is 21.1. The van der Waals surface area contributed by atoms with Gasteiger partial charge in [-0.2, -0.15) is 0 Å². The number of carboxylic acids is 2. The van der Waals surface area contributed by atoms with E-state index < -0.39 is 162 Å². The summed E-state index contributed by atoms with van der Waals surface area (Å²) in [6.45, 7) is 19.7. The van der Waals surface area contributed by atoms with E-state index in [0.29, 0.717) is 0 Å². The van der Waals surface area contributed by atoms with Crippen molar-refractivity contribution in [2.45, 2.75) is 208 Å². The minimum atomic E-state index is -1.61. The molecule has 27 heteroatoms. The lowest BCUT2D eigenvalue weighted by Gasteiger charge is -2.29. The molecule has 0 spiro atoms. The van der Waals surface area contributed by atoms with Crippen LogP contribution in [-0.4, -0.2) is 148 Å². The zero-order valence-electron chi connectivity index (χ0n) is 46.7. The lowest BCUT2D eigenvalue weighted by molar-refractivity contribution is -0.143. The predicted octanol–water partition coefficient (Wildman–Crippen LogP) is -1.96. The first-order chi connectivity index (χ1) is 35.6. The molecule has 0 aromatic rings. The standard InChI is InChI=1S/C50H88N12O15/c1-13-27(10)40(49(75)57-31(15-18-37(53)64)44(70)60-35(50(76)77)22-25(6)7)62-45(71)32(16-19-38(65)66)56-46(72)33(20-23(2)3)58-42(68)29(12)54-41(67)28(11)55-48(74)39(26(8)9)61-47(73)34(21-24(4)5)59-43(69)30(51)14-17-36(52)63/h23-35,39-40H,13-22,51H2,1-12H3,(H2,52,63)(H2,53,64)(H,54,67)(H,55,74)(H,56,72)(H,57,75)(H,58,68)(H,59,69)(H,60,70)(H,61,73)(H,62,71)(H,65,66)(H,76,77)/t27-,28-,29-,30-,31-,32-,33-,34-,35-,39-,40-/m0/s1. The number of hydrogen-bond acceptors (Lipinski definition) is 14. The van der Waals surface area contributed by atoms with Crippen LogP contribution >= 0.6 is 0 Å². The summed E-state index contributed by atoms with van der Waals surface area (Å²) in [5.41, 5.74) is 16.4. The molecular weight excluding hydrogens is 1010 g/mol. The van der Waals surface area contributed by atoms with Crippen molar-refractivity contribution in [3.8, 4) is 0 Å². The number of carboxylic acid groups (broad SMARTS) is 2. The molecule has 0 saturated carbocycles. The zero-order valence-corrected chi connectivity index (χ0v) is 46.7. The topological polar surface area (TPSA) is 449 Å². The molecule has 27 nitrogen and oxygen atoms in total. The van der Waals surface area contributed by atoms with Crippen molar-refractivity contribution in [1.82, 2.24) is 47.9 Å². The second kappa shape index (κ2) is 34.7. The van der Waals surface area contributed by atoms with Crippen LogP contribution in [0.4, 0.5) is 0 Å². The summed E-state index contributed by atoms with van der Waals surface area (Å²) >= 11 is 0. The Hall–Kier alpha value is -6.93. The van der Waals surface area contributed by atoms with E-state index in [1.165, 1.54) is 13.8 Å². The smallest absolute Gasteiger partial charge is 0.326 e. The minimum absolute atomic E-state index is 0.0172. The molecular formula is C50H88N12O15. The minimum Gasteiger partial charge on any atom is -0.481 e. The molecule has 0 aliphatic heterocycles. The second-order valence-electron chi connectivity index (χ2n) is 21.1. The van der Waals surface area contributed by atoms with Gasteiger partial charge in [0.2, 0.25) is 65.0 Å². The fourth-order valence-corrected chi connectivity index (χ4v) is 7.52. The fraction of sp³-hybridized carbons (Fsp3) is 0.740. The predicted molar refractivity (Wildman–Crippen MR) is 281 cm³/mol. The molecule has 0 heterocycles. The molecule has 17 N–H and O–H groups in total.